The van der Waals surface area contributed by atoms with E-state index >= 15 is 0 Å². The predicted octanol–water partition coefficient (Wildman–Crippen LogP) is 4.05. The highest BCUT2D eigenvalue weighted by Crippen LogP contribution is 2.34. The molecule has 0 unspecified atom stereocenters. The molecule has 0 radical (unpaired) electrons. The van der Waals surface area contributed by atoms with E-state index in [0.29, 0.717) is 5.88 Å². The van der Waals surface area contributed by atoms with Gasteiger partial charge >= 0.3 is 0 Å². The van der Waals surface area contributed by atoms with Crippen molar-refractivity contribution in [2.75, 3.05) is 20.1 Å². The van der Waals surface area contributed by atoms with Gasteiger partial charge in [0, 0.05) is 60.8 Å². The molecule has 0 bridgehead atoms. The van der Waals surface area contributed by atoms with E-state index in [1.54, 1.807) is 11.0 Å². The fraction of sp³-hybridized carbons (Fsp3) is 0.280. The topological polar surface area (TPSA) is 84.8 Å². The van der Waals surface area contributed by atoms with E-state index in [4.69, 9.17) is 4.74 Å². The molecule has 1 aliphatic rings. The van der Waals surface area contributed by atoms with Crippen LogP contribution in [0.2, 0.25) is 0 Å². The van der Waals surface area contributed by atoms with Crippen molar-refractivity contribution in [1.29, 1.82) is 0 Å². The first-order valence-corrected chi connectivity index (χ1v) is 11.2. The largest absolute Gasteiger partial charge is 0.474 e. The second-order valence-electron chi connectivity index (χ2n) is 8.76. The summed E-state index contributed by atoms with van der Waals surface area (Å²) >= 11 is 0. The highest BCUT2D eigenvalue weighted by atomic mass is 16.5. The van der Waals surface area contributed by atoms with Gasteiger partial charge in [0.15, 0.2) is 0 Å². The van der Waals surface area contributed by atoms with Crippen LogP contribution in [-0.4, -0.2) is 60.9 Å². The normalized spacial score (nSPS) is 15.5. The first-order chi connectivity index (χ1) is 16.1. The van der Waals surface area contributed by atoms with E-state index in [1.165, 1.54) is 0 Å². The van der Waals surface area contributed by atoms with Crippen LogP contribution in [0.3, 0.4) is 0 Å². The van der Waals surface area contributed by atoms with Crippen LogP contribution in [0.25, 0.3) is 44.2 Å². The van der Waals surface area contributed by atoms with Gasteiger partial charge in [-0.3, -0.25) is 4.68 Å². The Balaban J connectivity index is 1.40. The van der Waals surface area contributed by atoms with E-state index < -0.39 is 0 Å². The molecule has 0 saturated carbocycles. The molecule has 5 aromatic rings. The maximum atomic E-state index is 6.35. The van der Waals surface area contributed by atoms with Crippen LogP contribution in [0.4, 0.5) is 0 Å². The molecule has 1 N–H and O–H groups in total. The predicted molar refractivity (Wildman–Crippen MR) is 128 cm³/mol. The van der Waals surface area contributed by atoms with Crippen LogP contribution in [0.5, 0.6) is 5.88 Å². The van der Waals surface area contributed by atoms with Crippen molar-refractivity contribution < 1.29 is 4.74 Å². The number of pyridine rings is 1. The Labute approximate surface area is 191 Å². The average molecular weight is 440 g/mol. The number of nitrogens with one attached hydrogen (secondary N) is 1. The van der Waals surface area contributed by atoms with Crippen molar-refractivity contribution in [2.24, 2.45) is 7.05 Å². The first kappa shape index (κ1) is 19.9. The summed E-state index contributed by atoms with van der Waals surface area (Å²) in [6.45, 7) is 2.08. The van der Waals surface area contributed by atoms with Gasteiger partial charge in [-0.15, -0.1) is 0 Å². The number of ether oxygens (including phenoxy) is 1. The van der Waals surface area contributed by atoms with Crippen LogP contribution >= 0.6 is 0 Å². The minimum absolute atomic E-state index is 0.183. The number of benzene rings is 1. The third kappa shape index (κ3) is 3.72. The van der Waals surface area contributed by atoms with E-state index in [9.17, 15) is 0 Å². The molecule has 1 aliphatic heterocycles. The molecule has 0 atom stereocenters. The lowest BCUT2D eigenvalue weighted by Gasteiger charge is -2.29. The summed E-state index contributed by atoms with van der Waals surface area (Å²) in [7, 11) is 4.07. The second kappa shape index (κ2) is 7.97. The lowest BCUT2D eigenvalue weighted by atomic mass is 10.0. The molecule has 0 aliphatic carbocycles. The Hall–Kier alpha value is -3.78. The van der Waals surface area contributed by atoms with E-state index in [1.807, 2.05) is 37.9 Å². The van der Waals surface area contributed by atoms with Gasteiger partial charge in [-0.1, -0.05) is 6.07 Å². The number of rotatable bonds is 4. The van der Waals surface area contributed by atoms with Gasteiger partial charge in [0.1, 0.15) is 18.1 Å². The molecular weight excluding hydrogens is 414 g/mol. The summed E-state index contributed by atoms with van der Waals surface area (Å²) in [6, 6.07) is 8.41. The van der Waals surface area contributed by atoms with Crippen LogP contribution in [0.15, 0.2) is 55.4 Å². The monoisotopic (exact) mass is 439 g/mol. The van der Waals surface area contributed by atoms with Crippen molar-refractivity contribution in [3.63, 3.8) is 0 Å². The number of aromatic nitrogens is 6. The highest BCUT2D eigenvalue weighted by molar-refractivity contribution is 5.98. The SMILES string of the molecule is CN1CCC(Oc2ncnc3ccc(-c4c[nH]c5ncc(-c6cnn(C)c6)cc45)cc23)CC1. The third-order valence-electron chi connectivity index (χ3n) is 6.42. The van der Waals surface area contributed by atoms with Gasteiger partial charge in [0.2, 0.25) is 5.88 Å². The molecule has 166 valence electrons. The first-order valence-electron chi connectivity index (χ1n) is 11.2. The molecule has 0 spiro atoms. The average Bonchev–Trinajstić information content (AvgIpc) is 3.46. The van der Waals surface area contributed by atoms with Crippen LogP contribution in [0, 0.1) is 0 Å². The Kier molecular flexibility index (Phi) is 4.80. The number of hydrogen-bond acceptors (Lipinski definition) is 6. The molecule has 8 heteroatoms. The maximum absolute atomic E-state index is 6.35. The molecule has 0 amide bonds. The smallest absolute Gasteiger partial charge is 0.224 e. The van der Waals surface area contributed by atoms with Gasteiger partial charge in [0.25, 0.3) is 0 Å². The second-order valence-corrected chi connectivity index (χ2v) is 8.76. The van der Waals surface area contributed by atoms with Crippen molar-refractivity contribution in [1.82, 2.24) is 34.6 Å². The molecule has 33 heavy (non-hydrogen) atoms. The van der Waals surface area contributed by atoms with Gasteiger partial charge in [-0.25, -0.2) is 15.0 Å². The van der Waals surface area contributed by atoms with Crippen molar-refractivity contribution in [3.8, 4) is 28.1 Å². The Morgan fingerprint density at radius 1 is 0.939 bits per heavy atom. The zero-order chi connectivity index (χ0) is 22.4. The Morgan fingerprint density at radius 3 is 2.61 bits per heavy atom. The van der Waals surface area contributed by atoms with E-state index in [2.05, 4.69) is 55.2 Å². The van der Waals surface area contributed by atoms with Gasteiger partial charge in [-0.2, -0.15) is 5.10 Å². The van der Waals surface area contributed by atoms with Crippen LogP contribution in [0.1, 0.15) is 12.8 Å². The van der Waals surface area contributed by atoms with E-state index in [-0.39, 0.29) is 6.10 Å². The summed E-state index contributed by atoms with van der Waals surface area (Å²) in [5.74, 6) is 0.658. The fourth-order valence-electron chi connectivity index (χ4n) is 4.53. The fourth-order valence-corrected chi connectivity index (χ4v) is 4.53. The lowest BCUT2D eigenvalue weighted by Crippen LogP contribution is -2.35. The number of piperidine rings is 1. The van der Waals surface area contributed by atoms with E-state index in [0.717, 1.165) is 70.1 Å². The molecule has 6 rings (SSSR count). The third-order valence-corrected chi connectivity index (χ3v) is 6.42. The summed E-state index contributed by atoms with van der Waals surface area (Å²) in [4.78, 5) is 19.2. The Morgan fingerprint density at radius 2 is 1.79 bits per heavy atom. The van der Waals surface area contributed by atoms with Crippen molar-refractivity contribution in [3.05, 3.63) is 55.4 Å². The lowest BCUT2D eigenvalue weighted by molar-refractivity contribution is 0.111. The highest BCUT2D eigenvalue weighted by Gasteiger charge is 2.20. The molecular formula is C25H25N7O. The zero-order valence-corrected chi connectivity index (χ0v) is 18.7. The maximum Gasteiger partial charge on any atom is 0.224 e. The summed E-state index contributed by atoms with van der Waals surface area (Å²) in [6.07, 6.45) is 11.5. The summed E-state index contributed by atoms with van der Waals surface area (Å²) in [5, 5.41) is 6.28. The van der Waals surface area contributed by atoms with Crippen molar-refractivity contribution >= 4 is 21.9 Å². The molecule has 1 aromatic carbocycles. The molecule has 4 aromatic heterocycles. The van der Waals surface area contributed by atoms with Gasteiger partial charge in [0.05, 0.1) is 17.1 Å². The Bertz CT molecular complexity index is 1450. The number of nitrogens with zero attached hydrogens (tertiary/aromatic N) is 6. The zero-order valence-electron chi connectivity index (χ0n) is 18.7. The van der Waals surface area contributed by atoms with Gasteiger partial charge < -0.3 is 14.6 Å². The standard InChI is InChI=1S/C25H25N7O/c1-31-7-5-19(6-8-31)33-25-21-9-16(3-4-23(21)28-15-29-25)22-13-27-24-20(22)10-17(11-26-24)18-12-30-32(2)14-18/h3-4,9-15,19H,5-8H2,1-2H3,(H,26,27). The number of fused-ring (bicyclic) bond motifs is 2. The number of hydrogen-bond donors (Lipinski definition) is 1. The van der Waals surface area contributed by atoms with Crippen molar-refractivity contribution in [2.45, 2.75) is 18.9 Å². The molecule has 5 heterocycles. The molecule has 1 saturated heterocycles. The minimum atomic E-state index is 0.183. The summed E-state index contributed by atoms with van der Waals surface area (Å²) in [5.41, 5.74) is 5.96. The summed E-state index contributed by atoms with van der Waals surface area (Å²) < 4.78 is 8.15. The quantitative estimate of drug-likeness (QED) is 0.455. The van der Waals surface area contributed by atoms with Crippen LogP contribution in [-0.2, 0) is 7.05 Å². The number of likely N-dealkylation sites (tertiary alicyclic amines) is 1. The molecule has 8 nitrogen and oxygen atoms in total. The number of aryl methyl sites for hydroxylation is 1. The molecule has 1 fully saturated rings. The minimum Gasteiger partial charge on any atom is -0.474 e. The van der Waals surface area contributed by atoms with Crippen LogP contribution < -0.4 is 4.74 Å². The number of aromatic amines is 1. The number of H-pyrrole nitrogens is 1. The van der Waals surface area contributed by atoms with Gasteiger partial charge in [-0.05, 0) is 43.7 Å².